The van der Waals surface area contributed by atoms with Crippen LogP contribution >= 0.6 is 0 Å². The van der Waals surface area contributed by atoms with Gasteiger partial charge in [-0.2, -0.15) is 0 Å². The molecule has 0 aliphatic heterocycles. The number of unbranched alkanes of at least 4 members (excludes halogenated alkanes) is 2. The lowest BCUT2D eigenvalue weighted by Crippen LogP contribution is -2.18. The van der Waals surface area contributed by atoms with Crippen LogP contribution in [0.2, 0.25) is 0 Å². The molecule has 3 N–H and O–H groups in total. The highest BCUT2D eigenvalue weighted by molar-refractivity contribution is 6.03. The number of rotatable bonds is 6. The number of hydrogen-bond acceptors (Lipinski definition) is 2. The van der Waals surface area contributed by atoms with Crippen molar-refractivity contribution in [2.24, 2.45) is 5.73 Å². The van der Waals surface area contributed by atoms with Crippen LogP contribution in [-0.2, 0) is 11.2 Å². The molecular formula is C14H20N2O2. The molecule has 4 nitrogen and oxygen atoms in total. The van der Waals surface area contributed by atoms with Gasteiger partial charge in [0.2, 0.25) is 5.91 Å². The third-order valence-corrected chi connectivity index (χ3v) is 2.77. The van der Waals surface area contributed by atoms with E-state index in [9.17, 15) is 9.59 Å². The normalized spacial score (nSPS) is 10.1. The van der Waals surface area contributed by atoms with E-state index in [4.69, 9.17) is 5.73 Å². The van der Waals surface area contributed by atoms with Gasteiger partial charge < -0.3 is 11.1 Å². The lowest BCUT2D eigenvalue weighted by molar-refractivity contribution is -0.114. The van der Waals surface area contributed by atoms with E-state index >= 15 is 0 Å². The van der Waals surface area contributed by atoms with Crippen LogP contribution in [-0.4, -0.2) is 11.8 Å². The van der Waals surface area contributed by atoms with E-state index in [2.05, 4.69) is 12.2 Å². The highest BCUT2D eigenvalue weighted by atomic mass is 16.2. The van der Waals surface area contributed by atoms with Crippen LogP contribution in [0.4, 0.5) is 5.69 Å². The summed E-state index contributed by atoms with van der Waals surface area (Å²) in [6.07, 6.45) is 4.13. The first-order valence-electron chi connectivity index (χ1n) is 6.25. The zero-order chi connectivity index (χ0) is 13.5. The molecule has 1 aromatic rings. The van der Waals surface area contributed by atoms with E-state index in [1.54, 1.807) is 12.1 Å². The Bertz CT molecular complexity index is 441. The van der Waals surface area contributed by atoms with Gasteiger partial charge in [0.25, 0.3) is 5.91 Å². The molecule has 1 aromatic carbocycles. The number of anilines is 1. The number of carbonyl (C=O) groups excluding carboxylic acids is 2. The Morgan fingerprint density at radius 3 is 2.56 bits per heavy atom. The predicted octanol–water partition coefficient (Wildman–Crippen LogP) is 2.48. The first kappa shape index (κ1) is 14.2. The van der Waals surface area contributed by atoms with Gasteiger partial charge in [-0.1, -0.05) is 31.9 Å². The van der Waals surface area contributed by atoms with E-state index in [-0.39, 0.29) is 5.91 Å². The fourth-order valence-corrected chi connectivity index (χ4v) is 1.90. The van der Waals surface area contributed by atoms with Crippen LogP contribution in [0.25, 0.3) is 0 Å². The van der Waals surface area contributed by atoms with Gasteiger partial charge in [0.15, 0.2) is 0 Å². The van der Waals surface area contributed by atoms with Crippen LogP contribution < -0.4 is 11.1 Å². The standard InChI is InChI=1S/C14H20N2O2/c1-3-4-5-7-11-8-6-9-12(14(15)18)13(11)16-10(2)17/h6,8-9H,3-5,7H2,1-2H3,(H2,15,18)(H,16,17). The second-order valence-corrected chi connectivity index (χ2v) is 4.34. The molecule has 0 atom stereocenters. The van der Waals surface area contributed by atoms with Gasteiger partial charge in [-0.05, 0) is 24.5 Å². The van der Waals surface area contributed by atoms with Crippen molar-refractivity contribution in [3.05, 3.63) is 29.3 Å². The minimum absolute atomic E-state index is 0.194. The molecule has 0 saturated heterocycles. The minimum atomic E-state index is -0.518. The van der Waals surface area contributed by atoms with Gasteiger partial charge >= 0.3 is 0 Å². The number of aryl methyl sites for hydroxylation is 1. The van der Waals surface area contributed by atoms with Gasteiger partial charge in [-0.3, -0.25) is 9.59 Å². The summed E-state index contributed by atoms with van der Waals surface area (Å²) in [6, 6.07) is 5.36. The molecule has 0 saturated carbocycles. The Labute approximate surface area is 108 Å². The summed E-state index contributed by atoms with van der Waals surface area (Å²) < 4.78 is 0. The van der Waals surface area contributed by atoms with E-state index in [0.717, 1.165) is 31.2 Å². The number of hydrogen-bond donors (Lipinski definition) is 2. The van der Waals surface area contributed by atoms with Crippen molar-refractivity contribution in [1.82, 2.24) is 0 Å². The van der Waals surface area contributed by atoms with E-state index in [1.807, 2.05) is 6.07 Å². The van der Waals surface area contributed by atoms with Crippen LogP contribution in [0, 0.1) is 0 Å². The minimum Gasteiger partial charge on any atom is -0.366 e. The third kappa shape index (κ3) is 3.87. The number of benzene rings is 1. The van der Waals surface area contributed by atoms with Crippen molar-refractivity contribution in [2.75, 3.05) is 5.32 Å². The van der Waals surface area contributed by atoms with Gasteiger partial charge in [0.1, 0.15) is 0 Å². The molecular weight excluding hydrogens is 228 g/mol. The molecule has 0 fully saturated rings. The summed E-state index contributed by atoms with van der Waals surface area (Å²) in [7, 11) is 0. The fraction of sp³-hybridized carbons (Fsp3) is 0.429. The highest BCUT2D eigenvalue weighted by Gasteiger charge is 2.13. The zero-order valence-corrected chi connectivity index (χ0v) is 11.0. The highest BCUT2D eigenvalue weighted by Crippen LogP contribution is 2.23. The lowest BCUT2D eigenvalue weighted by Gasteiger charge is -2.13. The topological polar surface area (TPSA) is 72.2 Å². The molecule has 0 aliphatic carbocycles. The SMILES string of the molecule is CCCCCc1cccc(C(N)=O)c1NC(C)=O. The predicted molar refractivity (Wildman–Crippen MR) is 72.5 cm³/mol. The summed E-state index contributed by atoms with van der Waals surface area (Å²) in [5, 5.41) is 2.71. The quantitative estimate of drug-likeness (QED) is 0.759. The third-order valence-electron chi connectivity index (χ3n) is 2.77. The molecule has 1 rings (SSSR count). The summed E-state index contributed by atoms with van der Waals surface area (Å²) in [6.45, 7) is 3.56. The second kappa shape index (κ2) is 6.79. The number of para-hydroxylation sites is 1. The summed E-state index contributed by atoms with van der Waals surface area (Å²) in [4.78, 5) is 22.6. The monoisotopic (exact) mass is 248 g/mol. The maximum absolute atomic E-state index is 11.4. The zero-order valence-electron chi connectivity index (χ0n) is 11.0. The molecule has 2 amide bonds. The van der Waals surface area contributed by atoms with E-state index < -0.39 is 5.91 Å². The summed E-state index contributed by atoms with van der Waals surface area (Å²) in [5.74, 6) is -0.712. The molecule has 0 aromatic heterocycles. The van der Waals surface area contributed by atoms with Crippen molar-refractivity contribution in [3.8, 4) is 0 Å². The van der Waals surface area contributed by atoms with Crippen LogP contribution in [0.5, 0.6) is 0 Å². The molecule has 0 aliphatic rings. The first-order valence-corrected chi connectivity index (χ1v) is 6.25. The lowest BCUT2D eigenvalue weighted by atomic mass is 10.0. The van der Waals surface area contributed by atoms with Crippen molar-refractivity contribution in [1.29, 1.82) is 0 Å². The van der Waals surface area contributed by atoms with Gasteiger partial charge in [-0.25, -0.2) is 0 Å². The Morgan fingerprint density at radius 2 is 2.00 bits per heavy atom. The van der Waals surface area contributed by atoms with Gasteiger partial charge in [0, 0.05) is 6.92 Å². The van der Waals surface area contributed by atoms with Gasteiger partial charge in [0.05, 0.1) is 11.3 Å². The molecule has 98 valence electrons. The number of nitrogens with two attached hydrogens (primary N) is 1. The average molecular weight is 248 g/mol. The van der Waals surface area contributed by atoms with Gasteiger partial charge in [-0.15, -0.1) is 0 Å². The number of nitrogens with one attached hydrogen (secondary N) is 1. The van der Waals surface area contributed by atoms with Crippen LogP contribution in [0.1, 0.15) is 49.0 Å². The number of amides is 2. The van der Waals surface area contributed by atoms with Crippen LogP contribution in [0.3, 0.4) is 0 Å². The Morgan fingerprint density at radius 1 is 1.28 bits per heavy atom. The molecule has 18 heavy (non-hydrogen) atoms. The second-order valence-electron chi connectivity index (χ2n) is 4.34. The Balaban J connectivity index is 3.03. The van der Waals surface area contributed by atoms with Crippen molar-refractivity contribution in [2.45, 2.75) is 39.5 Å². The fourth-order valence-electron chi connectivity index (χ4n) is 1.90. The average Bonchev–Trinajstić information content (AvgIpc) is 2.30. The van der Waals surface area contributed by atoms with Crippen molar-refractivity contribution < 1.29 is 9.59 Å². The number of primary amides is 1. The van der Waals surface area contributed by atoms with Crippen molar-refractivity contribution in [3.63, 3.8) is 0 Å². The molecule has 0 spiro atoms. The number of carbonyl (C=O) groups is 2. The van der Waals surface area contributed by atoms with E-state index in [0.29, 0.717) is 11.3 Å². The molecule has 0 bridgehead atoms. The van der Waals surface area contributed by atoms with E-state index in [1.165, 1.54) is 6.92 Å². The largest absolute Gasteiger partial charge is 0.366 e. The van der Waals surface area contributed by atoms with Crippen LogP contribution in [0.15, 0.2) is 18.2 Å². The maximum Gasteiger partial charge on any atom is 0.250 e. The molecule has 0 radical (unpaired) electrons. The summed E-state index contributed by atoms with van der Waals surface area (Å²) >= 11 is 0. The Hall–Kier alpha value is -1.84. The smallest absolute Gasteiger partial charge is 0.250 e. The first-order chi connectivity index (χ1) is 8.56. The molecule has 0 heterocycles. The summed E-state index contributed by atoms with van der Waals surface area (Å²) in [5.41, 5.74) is 7.23. The van der Waals surface area contributed by atoms with Crippen molar-refractivity contribution >= 4 is 17.5 Å². The maximum atomic E-state index is 11.4. The Kier molecular flexibility index (Phi) is 5.36. The molecule has 0 unspecified atom stereocenters. The molecule has 4 heteroatoms.